The molecule has 0 heterocycles. The first-order chi connectivity index (χ1) is 7.00. The molecule has 1 aromatic rings. The fourth-order valence-corrected chi connectivity index (χ4v) is 1.70. The van der Waals surface area contributed by atoms with Crippen molar-refractivity contribution in [3.05, 3.63) is 35.4 Å². The highest BCUT2D eigenvalue weighted by Gasteiger charge is 2.32. The predicted molar refractivity (Wildman–Crippen MR) is 60.8 cm³/mol. The van der Waals surface area contributed by atoms with Crippen LogP contribution in [-0.4, -0.2) is 12.6 Å². The fourth-order valence-electron chi connectivity index (χ4n) is 1.70. The zero-order valence-corrected chi connectivity index (χ0v) is 9.83. The highest BCUT2D eigenvalue weighted by atomic mass is 16.5. The third-order valence-electron chi connectivity index (χ3n) is 2.60. The largest absolute Gasteiger partial charge is 0.465 e. The molecule has 1 rings (SSSR count). The Hall–Kier alpha value is -1.31. The van der Waals surface area contributed by atoms with Gasteiger partial charge in [-0.1, -0.05) is 24.3 Å². The Kier molecular flexibility index (Phi) is 3.51. The summed E-state index contributed by atoms with van der Waals surface area (Å²) in [5.41, 5.74) is 1.58. The maximum Gasteiger partial charge on any atom is 0.315 e. The Balaban J connectivity index is 3.05. The second kappa shape index (κ2) is 4.47. The van der Waals surface area contributed by atoms with Crippen molar-refractivity contribution in [2.45, 2.75) is 33.1 Å². The molecule has 0 aromatic heterocycles. The van der Waals surface area contributed by atoms with Gasteiger partial charge in [0.2, 0.25) is 0 Å². The van der Waals surface area contributed by atoms with Gasteiger partial charge in [-0.3, -0.25) is 4.79 Å². The summed E-state index contributed by atoms with van der Waals surface area (Å²) in [6.07, 6.45) is 0. The van der Waals surface area contributed by atoms with Crippen LogP contribution in [0.15, 0.2) is 24.3 Å². The summed E-state index contributed by atoms with van der Waals surface area (Å²) in [4.78, 5) is 11.8. The van der Waals surface area contributed by atoms with Gasteiger partial charge in [0.25, 0.3) is 0 Å². The van der Waals surface area contributed by atoms with Gasteiger partial charge in [-0.25, -0.2) is 0 Å². The summed E-state index contributed by atoms with van der Waals surface area (Å²) in [7, 11) is 0. The Morgan fingerprint density at radius 3 is 2.47 bits per heavy atom. The summed E-state index contributed by atoms with van der Waals surface area (Å²) in [5, 5.41) is 0. The van der Waals surface area contributed by atoms with Crippen LogP contribution in [0.5, 0.6) is 0 Å². The van der Waals surface area contributed by atoms with Gasteiger partial charge in [0.15, 0.2) is 0 Å². The third-order valence-corrected chi connectivity index (χ3v) is 2.60. The van der Waals surface area contributed by atoms with Crippen LogP contribution in [0.4, 0.5) is 0 Å². The van der Waals surface area contributed by atoms with E-state index in [9.17, 15) is 4.79 Å². The molecule has 2 nitrogen and oxygen atoms in total. The number of rotatable bonds is 3. The average Bonchev–Trinajstić information content (AvgIpc) is 2.18. The van der Waals surface area contributed by atoms with Crippen LogP contribution >= 0.6 is 0 Å². The number of hydrogen-bond donors (Lipinski definition) is 0. The van der Waals surface area contributed by atoms with E-state index in [0.717, 1.165) is 11.1 Å². The van der Waals surface area contributed by atoms with Crippen molar-refractivity contribution in [3.8, 4) is 0 Å². The van der Waals surface area contributed by atoms with Crippen LogP contribution in [0.3, 0.4) is 0 Å². The number of aryl methyl sites for hydroxylation is 1. The summed E-state index contributed by atoms with van der Waals surface area (Å²) in [5.74, 6) is -0.167. The van der Waals surface area contributed by atoms with E-state index in [-0.39, 0.29) is 5.97 Å². The minimum Gasteiger partial charge on any atom is -0.465 e. The molecule has 0 saturated carbocycles. The zero-order valence-electron chi connectivity index (χ0n) is 9.83. The molecule has 0 N–H and O–H groups in total. The number of benzene rings is 1. The first-order valence-corrected chi connectivity index (χ1v) is 5.23. The number of carbonyl (C=O) groups excluding carboxylic acids is 1. The minimum absolute atomic E-state index is 0.167. The van der Waals surface area contributed by atoms with Crippen LogP contribution in [-0.2, 0) is 14.9 Å². The lowest BCUT2D eigenvalue weighted by Gasteiger charge is -2.24. The summed E-state index contributed by atoms with van der Waals surface area (Å²) in [6, 6.07) is 7.91. The van der Waals surface area contributed by atoms with Crippen LogP contribution in [0.2, 0.25) is 0 Å². The molecule has 0 atom stereocenters. The quantitative estimate of drug-likeness (QED) is 0.711. The van der Waals surface area contributed by atoms with E-state index in [2.05, 4.69) is 0 Å². The van der Waals surface area contributed by atoms with Crippen LogP contribution in [0.25, 0.3) is 0 Å². The molecule has 0 radical (unpaired) electrons. The normalized spacial score (nSPS) is 11.2. The highest BCUT2D eigenvalue weighted by molar-refractivity contribution is 5.82. The number of esters is 1. The molecule has 0 spiro atoms. The van der Waals surface area contributed by atoms with E-state index in [4.69, 9.17) is 4.74 Å². The summed E-state index contributed by atoms with van der Waals surface area (Å²) >= 11 is 0. The molecule has 1 aromatic carbocycles. The van der Waals surface area contributed by atoms with Gasteiger partial charge < -0.3 is 4.74 Å². The molecule has 0 aliphatic carbocycles. The van der Waals surface area contributed by atoms with E-state index >= 15 is 0 Å². The van der Waals surface area contributed by atoms with Crippen LogP contribution in [0, 0.1) is 6.92 Å². The maximum atomic E-state index is 11.8. The second-order valence-electron chi connectivity index (χ2n) is 4.16. The Bertz CT molecular complexity index is 353. The summed E-state index contributed by atoms with van der Waals surface area (Å²) in [6.45, 7) is 8.05. The Morgan fingerprint density at radius 2 is 1.93 bits per heavy atom. The van der Waals surface area contributed by atoms with Gasteiger partial charge in [-0.2, -0.15) is 0 Å². The van der Waals surface area contributed by atoms with Gasteiger partial charge in [-0.15, -0.1) is 0 Å². The Morgan fingerprint density at radius 1 is 1.33 bits per heavy atom. The van der Waals surface area contributed by atoms with Crippen LogP contribution in [0.1, 0.15) is 31.9 Å². The first-order valence-electron chi connectivity index (χ1n) is 5.23. The Labute approximate surface area is 91.3 Å². The molecule has 15 heavy (non-hydrogen) atoms. The topological polar surface area (TPSA) is 26.3 Å². The molecule has 0 amide bonds. The van der Waals surface area contributed by atoms with Crippen LogP contribution < -0.4 is 0 Å². The van der Waals surface area contributed by atoms with Crippen molar-refractivity contribution in [3.63, 3.8) is 0 Å². The third kappa shape index (κ3) is 2.38. The number of carbonyl (C=O) groups is 1. The molecular formula is C13H18O2. The van der Waals surface area contributed by atoms with Gasteiger partial charge in [0.05, 0.1) is 12.0 Å². The monoisotopic (exact) mass is 206 g/mol. The molecule has 2 heteroatoms. The molecule has 0 unspecified atom stereocenters. The zero-order chi connectivity index (χ0) is 11.5. The van der Waals surface area contributed by atoms with Gasteiger partial charge in [-0.05, 0) is 38.8 Å². The van der Waals surface area contributed by atoms with E-state index in [1.807, 2.05) is 52.0 Å². The van der Waals surface area contributed by atoms with Crippen molar-refractivity contribution in [1.29, 1.82) is 0 Å². The van der Waals surface area contributed by atoms with Crippen molar-refractivity contribution in [2.24, 2.45) is 0 Å². The lowest BCUT2D eigenvalue weighted by atomic mass is 9.82. The molecule has 0 aliphatic heterocycles. The van der Waals surface area contributed by atoms with Gasteiger partial charge >= 0.3 is 5.97 Å². The standard InChI is InChI=1S/C13H18O2/c1-5-15-12(14)13(3,4)11-9-7-6-8-10(11)2/h6-9H,5H2,1-4H3. The van der Waals surface area contributed by atoms with Gasteiger partial charge in [0, 0.05) is 0 Å². The lowest BCUT2D eigenvalue weighted by Crippen LogP contribution is -2.31. The van der Waals surface area contributed by atoms with Gasteiger partial charge in [0.1, 0.15) is 0 Å². The van der Waals surface area contributed by atoms with Crippen molar-refractivity contribution in [1.82, 2.24) is 0 Å². The molecular weight excluding hydrogens is 188 g/mol. The lowest BCUT2D eigenvalue weighted by molar-refractivity contribution is -0.148. The SMILES string of the molecule is CCOC(=O)C(C)(C)c1ccccc1C. The minimum atomic E-state index is -0.568. The van der Waals surface area contributed by atoms with E-state index in [0.29, 0.717) is 6.61 Å². The maximum absolute atomic E-state index is 11.8. The predicted octanol–water partition coefficient (Wildman–Crippen LogP) is 2.84. The molecule has 0 aliphatic rings. The number of hydrogen-bond acceptors (Lipinski definition) is 2. The van der Waals surface area contributed by atoms with E-state index in [1.54, 1.807) is 0 Å². The summed E-state index contributed by atoms with van der Waals surface area (Å²) < 4.78 is 5.08. The molecule has 0 fully saturated rings. The van der Waals surface area contributed by atoms with E-state index < -0.39 is 5.41 Å². The van der Waals surface area contributed by atoms with Crippen molar-refractivity contribution >= 4 is 5.97 Å². The average molecular weight is 206 g/mol. The van der Waals surface area contributed by atoms with Crippen molar-refractivity contribution in [2.75, 3.05) is 6.61 Å². The van der Waals surface area contributed by atoms with E-state index in [1.165, 1.54) is 0 Å². The molecule has 0 bridgehead atoms. The second-order valence-corrected chi connectivity index (χ2v) is 4.16. The molecule has 82 valence electrons. The molecule has 0 saturated heterocycles. The number of ether oxygens (including phenoxy) is 1. The smallest absolute Gasteiger partial charge is 0.315 e. The first kappa shape index (κ1) is 11.8. The fraction of sp³-hybridized carbons (Fsp3) is 0.462. The highest BCUT2D eigenvalue weighted by Crippen LogP contribution is 2.27. The van der Waals surface area contributed by atoms with Crippen molar-refractivity contribution < 1.29 is 9.53 Å².